The number of halogens is 1. The van der Waals surface area contributed by atoms with Crippen molar-refractivity contribution in [2.75, 3.05) is 18.4 Å². The van der Waals surface area contributed by atoms with E-state index in [0.717, 1.165) is 25.6 Å². The number of rotatable bonds is 6. The maximum Gasteiger partial charge on any atom is 0.255 e. The minimum absolute atomic E-state index is 0.142. The number of likely N-dealkylation sites (tertiary alicyclic amines) is 1. The average molecular weight is 419 g/mol. The van der Waals surface area contributed by atoms with Crippen molar-refractivity contribution in [2.24, 2.45) is 5.92 Å². The first-order valence-corrected chi connectivity index (χ1v) is 11.0. The van der Waals surface area contributed by atoms with Crippen LogP contribution < -0.4 is 5.32 Å². The van der Waals surface area contributed by atoms with E-state index in [-0.39, 0.29) is 5.91 Å². The number of anilines is 1. The van der Waals surface area contributed by atoms with Crippen molar-refractivity contribution < 1.29 is 4.79 Å². The Bertz CT molecular complexity index is 964. The minimum Gasteiger partial charge on any atom is -0.321 e. The van der Waals surface area contributed by atoms with E-state index in [1.54, 1.807) is 12.1 Å². The smallest absolute Gasteiger partial charge is 0.255 e. The molecule has 3 nitrogen and oxygen atoms in total. The highest BCUT2D eigenvalue weighted by Gasteiger charge is 2.19. The van der Waals surface area contributed by atoms with Crippen LogP contribution in [0.2, 0.25) is 5.02 Å². The lowest BCUT2D eigenvalue weighted by Crippen LogP contribution is -2.33. The molecule has 1 amide bonds. The fourth-order valence-electron chi connectivity index (χ4n) is 4.07. The van der Waals surface area contributed by atoms with Crippen molar-refractivity contribution >= 4 is 23.2 Å². The van der Waals surface area contributed by atoms with Crippen LogP contribution in [0.3, 0.4) is 0 Å². The van der Waals surface area contributed by atoms with E-state index in [9.17, 15) is 4.79 Å². The number of hydrogen-bond donors (Lipinski definition) is 1. The second-order valence-corrected chi connectivity index (χ2v) is 8.45. The number of benzene rings is 3. The number of carbonyl (C=O) groups is 1. The maximum atomic E-state index is 12.5. The van der Waals surface area contributed by atoms with E-state index in [0.29, 0.717) is 16.3 Å². The van der Waals surface area contributed by atoms with Crippen LogP contribution in [0, 0.1) is 5.92 Å². The molecule has 3 aromatic carbocycles. The van der Waals surface area contributed by atoms with Gasteiger partial charge in [-0.15, -0.1) is 0 Å². The number of nitrogens with zero attached hydrogens (tertiary/aromatic N) is 1. The third kappa shape index (κ3) is 5.50. The molecule has 4 heteroatoms. The molecule has 0 aliphatic carbocycles. The first-order chi connectivity index (χ1) is 14.7. The lowest BCUT2D eigenvalue weighted by Gasteiger charge is -2.32. The molecule has 4 rings (SSSR count). The number of nitrogens with one attached hydrogen (secondary N) is 1. The summed E-state index contributed by atoms with van der Waals surface area (Å²) >= 11 is 6.12. The van der Waals surface area contributed by atoms with E-state index >= 15 is 0 Å². The van der Waals surface area contributed by atoms with Gasteiger partial charge >= 0.3 is 0 Å². The van der Waals surface area contributed by atoms with Gasteiger partial charge in [0.1, 0.15) is 0 Å². The summed E-state index contributed by atoms with van der Waals surface area (Å²) in [5, 5.41) is 3.41. The summed E-state index contributed by atoms with van der Waals surface area (Å²) in [6.45, 7) is 3.20. The second-order valence-electron chi connectivity index (χ2n) is 8.04. The summed E-state index contributed by atoms with van der Waals surface area (Å²) in [4.78, 5) is 15.0. The van der Waals surface area contributed by atoms with Crippen LogP contribution in [0.15, 0.2) is 78.9 Å². The van der Waals surface area contributed by atoms with Crippen LogP contribution in [-0.4, -0.2) is 23.9 Å². The van der Waals surface area contributed by atoms with Crippen LogP contribution in [0.1, 0.15) is 34.3 Å². The zero-order valence-corrected chi connectivity index (χ0v) is 17.8. The number of para-hydroxylation sites is 1. The predicted octanol–water partition coefficient (Wildman–Crippen LogP) is 6.05. The van der Waals surface area contributed by atoms with Gasteiger partial charge in [-0.05, 0) is 73.7 Å². The zero-order chi connectivity index (χ0) is 20.8. The fourth-order valence-corrected chi connectivity index (χ4v) is 4.26. The van der Waals surface area contributed by atoms with Crippen molar-refractivity contribution in [3.63, 3.8) is 0 Å². The maximum absolute atomic E-state index is 12.5. The molecule has 1 saturated heterocycles. The third-order valence-corrected chi connectivity index (χ3v) is 6.15. The molecule has 1 fully saturated rings. The van der Waals surface area contributed by atoms with Crippen molar-refractivity contribution in [1.82, 2.24) is 4.90 Å². The highest BCUT2D eigenvalue weighted by molar-refractivity contribution is 6.33. The van der Waals surface area contributed by atoms with Gasteiger partial charge in [0.2, 0.25) is 0 Å². The molecule has 0 bridgehead atoms. The van der Waals surface area contributed by atoms with Gasteiger partial charge in [0, 0.05) is 12.1 Å². The fraction of sp³-hybridized carbons (Fsp3) is 0.269. The van der Waals surface area contributed by atoms with Gasteiger partial charge in [-0.1, -0.05) is 66.2 Å². The van der Waals surface area contributed by atoms with Gasteiger partial charge in [-0.25, -0.2) is 0 Å². The third-order valence-electron chi connectivity index (χ3n) is 5.82. The van der Waals surface area contributed by atoms with E-state index in [1.807, 2.05) is 24.3 Å². The molecular formula is C26H27ClN2O. The molecule has 3 aromatic rings. The van der Waals surface area contributed by atoms with Gasteiger partial charge < -0.3 is 5.32 Å². The Morgan fingerprint density at radius 1 is 0.867 bits per heavy atom. The molecule has 0 aromatic heterocycles. The first kappa shape index (κ1) is 20.6. The van der Waals surface area contributed by atoms with Crippen LogP contribution in [0.25, 0.3) is 0 Å². The SMILES string of the molecule is O=C(Nc1ccccc1Cl)c1ccc(CN2CCC(Cc3ccccc3)CC2)cc1. The van der Waals surface area contributed by atoms with E-state index in [2.05, 4.69) is 52.7 Å². The Hall–Kier alpha value is -2.62. The molecule has 1 aliphatic rings. The standard InChI is InChI=1S/C26H27ClN2O/c27-24-8-4-5-9-25(24)28-26(30)23-12-10-22(11-13-23)19-29-16-14-21(15-17-29)18-20-6-2-1-3-7-20/h1-13,21H,14-19H2,(H,28,30). The van der Waals surface area contributed by atoms with Crippen LogP contribution in [0.4, 0.5) is 5.69 Å². The molecule has 1 heterocycles. The number of carbonyl (C=O) groups excluding carboxylic acids is 1. The van der Waals surface area contributed by atoms with Crippen molar-refractivity contribution in [3.05, 3.63) is 101 Å². The Kier molecular flexibility index (Phi) is 6.83. The van der Waals surface area contributed by atoms with Gasteiger partial charge in [0.15, 0.2) is 0 Å². The quantitative estimate of drug-likeness (QED) is 0.528. The molecule has 154 valence electrons. The summed E-state index contributed by atoms with van der Waals surface area (Å²) in [7, 11) is 0. The monoisotopic (exact) mass is 418 g/mol. The van der Waals surface area contributed by atoms with Gasteiger partial charge in [0.25, 0.3) is 5.91 Å². The Labute approximate surface area is 183 Å². The predicted molar refractivity (Wildman–Crippen MR) is 124 cm³/mol. The first-order valence-electron chi connectivity index (χ1n) is 10.6. The Morgan fingerprint density at radius 2 is 1.53 bits per heavy atom. The number of amides is 1. The lowest BCUT2D eigenvalue weighted by molar-refractivity contribution is 0.102. The largest absolute Gasteiger partial charge is 0.321 e. The van der Waals surface area contributed by atoms with Crippen molar-refractivity contribution in [3.8, 4) is 0 Å². The molecule has 30 heavy (non-hydrogen) atoms. The van der Waals surface area contributed by atoms with Gasteiger partial charge in [-0.3, -0.25) is 9.69 Å². The normalized spacial score (nSPS) is 15.1. The molecule has 0 saturated carbocycles. The molecule has 0 atom stereocenters. The molecule has 0 radical (unpaired) electrons. The number of hydrogen-bond acceptors (Lipinski definition) is 2. The lowest BCUT2D eigenvalue weighted by atomic mass is 9.90. The van der Waals surface area contributed by atoms with Crippen LogP contribution in [0.5, 0.6) is 0 Å². The highest BCUT2D eigenvalue weighted by atomic mass is 35.5. The van der Waals surface area contributed by atoms with Gasteiger partial charge in [0.05, 0.1) is 10.7 Å². The van der Waals surface area contributed by atoms with E-state index in [1.165, 1.54) is 30.4 Å². The van der Waals surface area contributed by atoms with Crippen LogP contribution >= 0.6 is 11.6 Å². The summed E-state index contributed by atoms with van der Waals surface area (Å²) in [5.41, 5.74) is 3.96. The van der Waals surface area contributed by atoms with E-state index < -0.39 is 0 Å². The van der Waals surface area contributed by atoms with E-state index in [4.69, 9.17) is 11.6 Å². The van der Waals surface area contributed by atoms with Crippen LogP contribution in [-0.2, 0) is 13.0 Å². The van der Waals surface area contributed by atoms with Gasteiger partial charge in [-0.2, -0.15) is 0 Å². The average Bonchev–Trinajstić information content (AvgIpc) is 2.78. The molecular weight excluding hydrogens is 392 g/mol. The van der Waals surface area contributed by atoms with Crippen molar-refractivity contribution in [2.45, 2.75) is 25.8 Å². The molecule has 1 N–H and O–H groups in total. The molecule has 1 aliphatic heterocycles. The Balaban J connectivity index is 1.27. The Morgan fingerprint density at radius 3 is 2.23 bits per heavy atom. The summed E-state index contributed by atoms with van der Waals surface area (Å²) < 4.78 is 0. The molecule has 0 spiro atoms. The molecule has 0 unspecified atom stereocenters. The topological polar surface area (TPSA) is 32.3 Å². The zero-order valence-electron chi connectivity index (χ0n) is 17.1. The summed E-state index contributed by atoms with van der Waals surface area (Å²) in [6, 6.07) is 26.0. The highest BCUT2D eigenvalue weighted by Crippen LogP contribution is 2.24. The number of piperidine rings is 1. The second kappa shape index (κ2) is 9.92. The summed E-state index contributed by atoms with van der Waals surface area (Å²) in [6.07, 6.45) is 3.67. The minimum atomic E-state index is -0.142. The van der Waals surface area contributed by atoms with Crippen molar-refractivity contribution in [1.29, 1.82) is 0 Å². The summed E-state index contributed by atoms with van der Waals surface area (Å²) in [5.74, 6) is 0.635.